The smallest absolute Gasteiger partial charge is 0.331 e. The van der Waals surface area contributed by atoms with Crippen LogP contribution in [0.4, 0.5) is 5.69 Å². The Morgan fingerprint density at radius 3 is 2.57 bits per heavy atom. The third-order valence-corrected chi connectivity index (χ3v) is 5.17. The van der Waals surface area contributed by atoms with Gasteiger partial charge in [-0.15, -0.1) is 0 Å². The van der Waals surface area contributed by atoms with Crippen LogP contribution in [0.25, 0.3) is 6.08 Å². The number of aryl methyl sites for hydroxylation is 3. The number of rotatable bonds is 6. The molecule has 1 aromatic heterocycles. The van der Waals surface area contributed by atoms with Crippen molar-refractivity contribution in [2.24, 2.45) is 0 Å². The fourth-order valence-electron chi connectivity index (χ4n) is 3.46. The number of amides is 1. The van der Waals surface area contributed by atoms with E-state index >= 15 is 0 Å². The quantitative estimate of drug-likeness (QED) is 0.553. The second-order valence-electron chi connectivity index (χ2n) is 7.36. The van der Waals surface area contributed by atoms with E-state index in [0.29, 0.717) is 16.8 Å². The van der Waals surface area contributed by atoms with E-state index in [9.17, 15) is 9.59 Å². The zero-order valence-corrected chi connectivity index (χ0v) is 17.4. The molecular formula is C22H25ClN2O3. The third-order valence-electron chi connectivity index (χ3n) is 4.88. The summed E-state index contributed by atoms with van der Waals surface area (Å²) in [6.45, 7) is 7.55. The molecule has 148 valence electrons. The van der Waals surface area contributed by atoms with Crippen LogP contribution in [0.5, 0.6) is 0 Å². The Labute approximate surface area is 170 Å². The van der Waals surface area contributed by atoms with Crippen LogP contribution in [0.3, 0.4) is 0 Å². The van der Waals surface area contributed by atoms with Gasteiger partial charge in [0.2, 0.25) is 0 Å². The number of nitrogens with one attached hydrogen (secondary N) is 1. The van der Waals surface area contributed by atoms with E-state index in [4.69, 9.17) is 16.3 Å². The highest BCUT2D eigenvalue weighted by Gasteiger charge is 2.26. The second-order valence-corrected chi connectivity index (χ2v) is 7.76. The summed E-state index contributed by atoms with van der Waals surface area (Å²) in [4.78, 5) is 24.1. The summed E-state index contributed by atoms with van der Waals surface area (Å²) >= 11 is 6.18. The van der Waals surface area contributed by atoms with E-state index in [1.165, 1.54) is 24.6 Å². The van der Waals surface area contributed by atoms with Crippen molar-refractivity contribution in [3.63, 3.8) is 0 Å². The van der Waals surface area contributed by atoms with Crippen LogP contribution in [0.15, 0.2) is 24.3 Å². The molecule has 5 nitrogen and oxygen atoms in total. The largest absolute Gasteiger partial charge is 0.452 e. The maximum Gasteiger partial charge on any atom is 0.331 e. The summed E-state index contributed by atoms with van der Waals surface area (Å²) in [5.41, 5.74) is 5.74. The highest BCUT2D eigenvalue weighted by Crippen LogP contribution is 2.38. The zero-order valence-electron chi connectivity index (χ0n) is 16.6. The highest BCUT2D eigenvalue weighted by molar-refractivity contribution is 6.34. The van der Waals surface area contributed by atoms with Crippen molar-refractivity contribution in [3.8, 4) is 0 Å². The SMILES string of the molecule is Cc1cc(C)c(NC(=O)COC(=O)/C=C/c2cc(C)n(C3CC3)c2C)c(Cl)c1. The molecule has 1 saturated carbocycles. The normalized spacial score (nSPS) is 13.8. The molecule has 1 aliphatic rings. The van der Waals surface area contributed by atoms with Crippen LogP contribution >= 0.6 is 11.6 Å². The molecule has 0 saturated heterocycles. The Kier molecular flexibility index (Phi) is 5.94. The van der Waals surface area contributed by atoms with Crippen molar-refractivity contribution in [1.29, 1.82) is 0 Å². The lowest BCUT2D eigenvalue weighted by atomic mass is 10.1. The number of hydrogen-bond donors (Lipinski definition) is 1. The number of nitrogens with zero attached hydrogens (tertiary/aromatic N) is 1. The Bertz CT molecular complexity index is 932. The topological polar surface area (TPSA) is 60.3 Å². The summed E-state index contributed by atoms with van der Waals surface area (Å²) in [6.07, 6.45) is 5.51. The van der Waals surface area contributed by atoms with Crippen molar-refractivity contribution >= 4 is 35.2 Å². The molecule has 1 fully saturated rings. The van der Waals surface area contributed by atoms with Gasteiger partial charge in [0.25, 0.3) is 5.91 Å². The average molecular weight is 401 g/mol. The van der Waals surface area contributed by atoms with Gasteiger partial charge >= 0.3 is 5.97 Å². The average Bonchev–Trinajstić information content (AvgIpc) is 3.40. The van der Waals surface area contributed by atoms with Gasteiger partial charge in [0, 0.05) is 23.5 Å². The molecular weight excluding hydrogens is 376 g/mol. The first-order valence-electron chi connectivity index (χ1n) is 9.36. The number of carbonyl (C=O) groups excluding carboxylic acids is 2. The molecule has 0 spiro atoms. The van der Waals surface area contributed by atoms with E-state index in [1.54, 1.807) is 12.1 Å². The van der Waals surface area contributed by atoms with E-state index in [2.05, 4.69) is 29.8 Å². The first-order valence-corrected chi connectivity index (χ1v) is 9.74. The maximum atomic E-state index is 12.1. The van der Waals surface area contributed by atoms with Gasteiger partial charge in [-0.25, -0.2) is 4.79 Å². The lowest BCUT2D eigenvalue weighted by molar-refractivity contribution is -0.142. The van der Waals surface area contributed by atoms with Gasteiger partial charge in [0.15, 0.2) is 6.61 Å². The molecule has 1 aromatic carbocycles. The van der Waals surface area contributed by atoms with Gasteiger partial charge in [-0.05, 0) is 75.4 Å². The predicted molar refractivity (Wildman–Crippen MR) is 112 cm³/mol. The number of benzene rings is 1. The molecule has 0 unspecified atom stereocenters. The zero-order chi connectivity index (χ0) is 20.4. The molecule has 0 radical (unpaired) electrons. The van der Waals surface area contributed by atoms with Gasteiger partial charge in [-0.1, -0.05) is 17.7 Å². The minimum atomic E-state index is -0.557. The molecule has 3 rings (SSSR count). The number of halogens is 1. The number of anilines is 1. The Morgan fingerprint density at radius 2 is 1.93 bits per heavy atom. The van der Waals surface area contributed by atoms with Gasteiger partial charge in [-0.2, -0.15) is 0 Å². The standard InChI is InChI=1S/C22H25ClN2O3/c1-13-9-14(2)22(19(23)10-13)24-20(26)12-28-21(27)8-5-17-11-15(3)25(16(17)4)18-6-7-18/h5,8-11,18H,6-7,12H2,1-4H3,(H,24,26)/b8-5+. The van der Waals surface area contributed by atoms with Crippen molar-refractivity contribution in [2.75, 3.05) is 11.9 Å². The van der Waals surface area contributed by atoms with Crippen molar-refractivity contribution in [1.82, 2.24) is 4.57 Å². The van der Waals surface area contributed by atoms with Crippen LogP contribution < -0.4 is 5.32 Å². The summed E-state index contributed by atoms with van der Waals surface area (Å²) < 4.78 is 7.36. The van der Waals surface area contributed by atoms with Gasteiger partial charge in [-0.3, -0.25) is 4.79 Å². The Balaban J connectivity index is 1.55. The number of aromatic nitrogens is 1. The van der Waals surface area contributed by atoms with E-state index in [-0.39, 0.29) is 6.61 Å². The monoisotopic (exact) mass is 400 g/mol. The lowest BCUT2D eigenvalue weighted by Gasteiger charge is -2.11. The molecule has 2 aromatic rings. The van der Waals surface area contributed by atoms with Crippen LogP contribution in [-0.2, 0) is 14.3 Å². The molecule has 1 aliphatic carbocycles. The van der Waals surface area contributed by atoms with Crippen LogP contribution in [0, 0.1) is 27.7 Å². The van der Waals surface area contributed by atoms with Crippen molar-refractivity contribution in [2.45, 2.75) is 46.6 Å². The first-order chi connectivity index (χ1) is 13.3. The van der Waals surface area contributed by atoms with Gasteiger partial charge in [0.05, 0.1) is 10.7 Å². The first kappa shape index (κ1) is 20.2. The maximum absolute atomic E-state index is 12.1. The van der Waals surface area contributed by atoms with E-state index < -0.39 is 11.9 Å². The summed E-state index contributed by atoms with van der Waals surface area (Å²) in [5.74, 6) is -0.986. The fraction of sp³-hybridized carbons (Fsp3) is 0.364. The lowest BCUT2D eigenvalue weighted by Crippen LogP contribution is -2.20. The minimum Gasteiger partial charge on any atom is -0.452 e. The number of ether oxygens (including phenoxy) is 1. The number of carbonyl (C=O) groups is 2. The second kappa shape index (κ2) is 8.23. The van der Waals surface area contributed by atoms with Gasteiger partial charge in [0.1, 0.15) is 0 Å². The fourth-order valence-corrected chi connectivity index (χ4v) is 3.83. The molecule has 1 N–H and O–H groups in total. The Hall–Kier alpha value is -2.53. The molecule has 1 heterocycles. The van der Waals surface area contributed by atoms with E-state index in [0.717, 1.165) is 22.4 Å². The van der Waals surface area contributed by atoms with E-state index in [1.807, 2.05) is 19.9 Å². The molecule has 6 heteroatoms. The van der Waals surface area contributed by atoms with Crippen molar-refractivity contribution < 1.29 is 14.3 Å². The third kappa shape index (κ3) is 4.65. The Morgan fingerprint density at radius 1 is 1.21 bits per heavy atom. The minimum absolute atomic E-state index is 0.367. The van der Waals surface area contributed by atoms with Crippen LogP contribution in [0.1, 0.15) is 47.0 Å². The molecule has 0 aliphatic heterocycles. The molecule has 1 amide bonds. The summed E-state index contributed by atoms with van der Waals surface area (Å²) in [6, 6.07) is 6.35. The summed E-state index contributed by atoms with van der Waals surface area (Å²) in [7, 11) is 0. The van der Waals surface area contributed by atoms with Crippen molar-refractivity contribution in [3.05, 3.63) is 57.4 Å². The van der Waals surface area contributed by atoms with Crippen LogP contribution in [-0.4, -0.2) is 23.1 Å². The number of hydrogen-bond acceptors (Lipinski definition) is 3. The molecule has 0 bridgehead atoms. The highest BCUT2D eigenvalue weighted by atomic mass is 35.5. The van der Waals surface area contributed by atoms with Crippen LogP contribution in [0.2, 0.25) is 5.02 Å². The molecule has 28 heavy (non-hydrogen) atoms. The summed E-state index contributed by atoms with van der Waals surface area (Å²) in [5, 5.41) is 3.16. The predicted octanol–water partition coefficient (Wildman–Crippen LogP) is 4.91. The molecule has 0 atom stereocenters. The van der Waals surface area contributed by atoms with Gasteiger partial charge < -0.3 is 14.6 Å². The number of esters is 1.